The molecule has 0 aliphatic rings. The lowest BCUT2D eigenvalue weighted by Gasteiger charge is -2.18. The van der Waals surface area contributed by atoms with Crippen LogP contribution in [0.1, 0.15) is 17.0 Å². The average molecular weight is 288 g/mol. The van der Waals surface area contributed by atoms with Gasteiger partial charge >= 0.3 is 0 Å². The van der Waals surface area contributed by atoms with Crippen LogP contribution in [0.15, 0.2) is 24.3 Å². The van der Waals surface area contributed by atoms with Crippen LogP contribution in [0.25, 0.3) is 0 Å². The van der Waals surface area contributed by atoms with Crippen molar-refractivity contribution in [3.8, 4) is 5.75 Å². The Bertz CT molecular complexity index is 664. The summed E-state index contributed by atoms with van der Waals surface area (Å²) >= 11 is 0. The lowest BCUT2D eigenvalue weighted by Crippen LogP contribution is -2.30. The van der Waals surface area contributed by atoms with Crippen molar-refractivity contribution in [2.75, 3.05) is 12.8 Å². The Balaban J connectivity index is 2.06. The molecule has 0 aliphatic carbocycles. The Labute approximate surface area is 123 Å². The lowest BCUT2D eigenvalue weighted by molar-refractivity contribution is -0.131. The number of anilines is 1. The molecule has 2 aromatic rings. The van der Waals surface area contributed by atoms with Gasteiger partial charge in [0.1, 0.15) is 12.3 Å². The third-order valence-corrected chi connectivity index (χ3v) is 3.55. The Hall–Kier alpha value is -2.50. The standard InChI is InChI=1S/C15H20N4O2/c1-10-15(16)11(2)19(17-10)9-14(21)18(3)8-12-6-4-5-7-13(12)20/h4-7,20H,8-9,16H2,1-3H3. The number of nitrogens with zero attached hydrogens (tertiary/aromatic N) is 3. The number of phenolic OH excluding ortho intramolecular Hbond substituents is 1. The van der Waals surface area contributed by atoms with Crippen LogP contribution in [0.4, 0.5) is 5.69 Å². The Kier molecular flexibility index (Phi) is 4.16. The maximum absolute atomic E-state index is 12.2. The molecular weight excluding hydrogens is 268 g/mol. The molecule has 0 saturated carbocycles. The highest BCUT2D eigenvalue weighted by Gasteiger charge is 2.15. The van der Waals surface area contributed by atoms with Crippen molar-refractivity contribution < 1.29 is 9.90 Å². The first-order valence-corrected chi connectivity index (χ1v) is 6.70. The van der Waals surface area contributed by atoms with Gasteiger partial charge in [-0.3, -0.25) is 9.48 Å². The second-order valence-corrected chi connectivity index (χ2v) is 5.12. The Morgan fingerprint density at radius 2 is 2.05 bits per heavy atom. The van der Waals surface area contributed by atoms with Gasteiger partial charge in [0.2, 0.25) is 5.91 Å². The molecule has 21 heavy (non-hydrogen) atoms. The summed E-state index contributed by atoms with van der Waals surface area (Å²) in [6.07, 6.45) is 0. The van der Waals surface area contributed by atoms with Crippen LogP contribution in [-0.2, 0) is 17.9 Å². The van der Waals surface area contributed by atoms with E-state index in [9.17, 15) is 9.90 Å². The zero-order valence-corrected chi connectivity index (χ0v) is 12.5. The first-order valence-electron chi connectivity index (χ1n) is 6.70. The molecule has 1 heterocycles. The van der Waals surface area contributed by atoms with Gasteiger partial charge in [-0.05, 0) is 19.9 Å². The maximum atomic E-state index is 12.2. The summed E-state index contributed by atoms with van der Waals surface area (Å²) in [4.78, 5) is 13.8. The van der Waals surface area contributed by atoms with Gasteiger partial charge < -0.3 is 15.7 Å². The van der Waals surface area contributed by atoms with Gasteiger partial charge in [-0.25, -0.2) is 0 Å². The number of rotatable bonds is 4. The molecule has 0 aliphatic heterocycles. The zero-order valence-electron chi connectivity index (χ0n) is 12.5. The summed E-state index contributed by atoms with van der Waals surface area (Å²) in [5, 5.41) is 14.0. The minimum Gasteiger partial charge on any atom is -0.508 e. The van der Waals surface area contributed by atoms with Crippen LogP contribution in [0.3, 0.4) is 0 Å². The van der Waals surface area contributed by atoms with E-state index in [0.29, 0.717) is 17.8 Å². The van der Waals surface area contributed by atoms with Crippen LogP contribution in [0, 0.1) is 13.8 Å². The summed E-state index contributed by atoms with van der Waals surface area (Å²) in [5.41, 5.74) is 8.70. The number of carbonyl (C=O) groups is 1. The molecule has 112 valence electrons. The number of amides is 1. The van der Waals surface area contributed by atoms with E-state index in [-0.39, 0.29) is 18.2 Å². The number of aromatic nitrogens is 2. The molecule has 0 spiro atoms. The molecule has 1 aromatic heterocycles. The van der Waals surface area contributed by atoms with Gasteiger partial charge in [0.15, 0.2) is 0 Å². The quantitative estimate of drug-likeness (QED) is 0.891. The van der Waals surface area contributed by atoms with Gasteiger partial charge in [-0.2, -0.15) is 5.10 Å². The Morgan fingerprint density at radius 1 is 1.38 bits per heavy atom. The lowest BCUT2D eigenvalue weighted by atomic mass is 10.2. The molecule has 3 N–H and O–H groups in total. The van der Waals surface area contributed by atoms with Crippen LogP contribution >= 0.6 is 0 Å². The molecule has 0 saturated heterocycles. The number of aromatic hydroxyl groups is 1. The van der Waals surface area contributed by atoms with Crippen LogP contribution in [0.2, 0.25) is 0 Å². The molecule has 6 heteroatoms. The fraction of sp³-hybridized carbons (Fsp3) is 0.333. The third-order valence-electron chi connectivity index (χ3n) is 3.55. The van der Waals surface area contributed by atoms with Crippen LogP contribution in [0.5, 0.6) is 5.75 Å². The van der Waals surface area contributed by atoms with Crippen molar-refractivity contribution in [2.24, 2.45) is 0 Å². The van der Waals surface area contributed by atoms with Crippen LogP contribution in [-0.4, -0.2) is 32.7 Å². The molecule has 0 bridgehead atoms. The van der Waals surface area contributed by atoms with Gasteiger partial charge in [-0.1, -0.05) is 18.2 Å². The van der Waals surface area contributed by atoms with Crippen molar-refractivity contribution in [3.63, 3.8) is 0 Å². The van der Waals surface area contributed by atoms with Gasteiger partial charge in [0, 0.05) is 19.2 Å². The highest BCUT2D eigenvalue weighted by Crippen LogP contribution is 2.18. The largest absolute Gasteiger partial charge is 0.508 e. The summed E-state index contributed by atoms with van der Waals surface area (Å²) in [5.74, 6) is 0.0939. The minimum absolute atomic E-state index is 0.0937. The van der Waals surface area contributed by atoms with E-state index in [1.165, 1.54) is 0 Å². The number of nitrogens with two attached hydrogens (primary N) is 1. The molecule has 2 rings (SSSR count). The molecule has 6 nitrogen and oxygen atoms in total. The number of phenols is 1. The zero-order chi connectivity index (χ0) is 15.6. The molecule has 1 aromatic carbocycles. The number of hydrogen-bond donors (Lipinski definition) is 2. The predicted molar refractivity (Wildman–Crippen MR) is 80.7 cm³/mol. The third kappa shape index (κ3) is 3.16. The number of hydrogen-bond acceptors (Lipinski definition) is 4. The Morgan fingerprint density at radius 3 is 2.62 bits per heavy atom. The molecule has 0 unspecified atom stereocenters. The number of aryl methyl sites for hydroxylation is 1. The molecule has 0 fully saturated rings. The number of benzene rings is 1. The van der Waals surface area contributed by atoms with Crippen molar-refractivity contribution in [1.29, 1.82) is 0 Å². The highest BCUT2D eigenvalue weighted by atomic mass is 16.3. The van der Waals surface area contributed by atoms with E-state index in [4.69, 9.17) is 5.73 Å². The number of nitrogen functional groups attached to an aromatic ring is 1. The van der Waals surface area contributed by atoms with E-state index in [1.807, 2.05) is 19.9 Å². The van der Waals surface area contributed by atoms with E-state index in [0.717, 1.165) is 11.4 Å². The first-order chi connectivity index (χ1) is 9.90. The minimum atomic E-state index is -0.0937. The van der Waals surface area contributed by atoms with Gasteiger partial charge in [0.05, 0.1) is 17.1 Å². The monoisotopic (exact) mass is 288 g/mol. The molecule has 1 amide bonds. The normalized spacial score (nSPS) is 10.6. The second-order valence-electron chi connectivity index (χ2n) is 5.12. The van der Waals surface area contributed by atoms with Gasteiger partial charge in [-0.15, -0.1) is 0 Å². The average Bonchev–Trinajstić information content (AvgIpc) is 2.68. The summed E-state index contributed by atoms with van der Waals surface area (Å²) < 4.78 is 1.61. The van der Waals surface area contributed by atoms with Crippen molar-refractivity contribution in [2.45, 2.75) is 26.9 Å². The van der Waals surface area contributed by atoms with Crippen molar-refractivity contribution >= 4 is 11.6 Å². The summed E-state index contributed by atoms with van der Waals surface area (Å²) in [6.45, 7) is 4.13. The highest BCUT2D eigenvalue weighted by molar-refractivity contribution is 5.76. The molecule has 0 radical (unpaired) electrons. The van der Waals surface area contributed by atoms with Crippen LogP contribution < -0.4 is 5.73 Å². The summed E-state index contributed by atoms with van der Waals surface area (Å²) in [7, 11) is 1.70. The number of carbonyl (C=O) groups excluding carboxylic acids is 1. The predicted octanol–water partition coefficient (Wildman–Crippen LogP) is 1.45. The molecular formula is C15H20N4O2. The fourth-order valence-electron chi connectivity index (χ4n) is 2.10. The topological polar surface area (TPSA) is 84.4 Å². The second kappa shape index (κ2) is 5.87. The van der Waals surface area contributed by atoms with Crippen molar-refractivity contribution in [3.05, 3.63) is 41.2 Å². The first kappa shape index (κ1) is 14.9. The number of para-hydroxylation sites is 1. The molecule has 0 atom stereocenters. The van der Waals surface area contributed by atoms with E-state index in [2.05, 4.69) is 5.10 Å². The van der Waals surface area contributed by atoms with E-state index in [1.54, 1.807) is 34.8 Å². The smallest absolute Gasteiger partial charge is 0.244 e. The van der Waals surface area contributed by atoms with Gasteiger partial charge in [0.25, 0.3) is 0 Å². The van der Waals surface area contributed by atoms with E-state index >= 15 is 0 Å². The maximum Gasteiger partial charge on any atom is 0.244 e. The summed E-state index contributed by atoms with van der Waals surface area (Å²) in [6, 6.07) is 6.98. The fourth-order valence-corrected chi connectivity index (χ4v) is 2.10. The SMILES string of the molecule is Cc1nn(CC(=O)N(C)Cc2ccccc2O)c(C)c1N. The number of likely N-dealkylation sites (N-methyl/N-ethyl adjacent to an activating group) is 1. The van der Waals surface area contributed by atoms with E-state index < -0.39 is 0 Å². The van der Waals surface area contributed by atoms with Crippen molar-refractivity contribution in [1.82, 2.24) is 14.7 Å².